The molecule has 1 amide bonds. The normalized spacial score (nSPS) is 18.3. The number of hydrogen-bond donors (Lipinski definition) is 1. The van der Waals surface area contributed by atoms with Gasteiger partial charge in [-0.1, -0.05) is 5.57 Å². The second kappa shape index (κ2) is 2.44. The highest BCUT2D eigenvalue weighted by Crippen LogP contribution is 1.98. The van der Waals surface area contributed by atoms with Crippen LogP contribution in [-0.2, 0) is 4.79 Å². The minimum atomic E-state index is -0.138. The Morgan fingerprint density at radius 2 is 2.56 bits per heavy atom. The molecule has 0 saturated carbocycles. The van der Waals surface area contributed by atoms with E-state index in [1.807, 2.05) is 6.92 Å². The molecule has 0 atom stereocenters. The van der Waals surface area contributed by atoms with Crippen LogP contribution in [0.2, 0.25) is 0 Å². The first-order chi connectivity index (χ1) is 4.29. The summed E-state index contributed by atoms with van der Waals surface area (Å²) in [4.78, 5) is 10.6. The van der Waals surface area contributed by atoms with Gasteiger partial charge in [-0.05, 0) is 6.92 Å². The number of allylic oxidation sites excluding steroid dienone is 1. The third-order valence-corrected chi connectivity index (χ3v) is 1.06. The van der Waals surface area contributed by atoms with Gasteiger partial charge in [0.25, 0.3) is 5.91 Å². The fraction of sp³-hybridized carbons (Fsp3) is 0.333. The van der Waals surface area contributed by atoms with Crippen molar-refractivity contribution in [1.82, 2.24) is 5.43 Å². The Hall–Kier alpha value is -1.12. The summed E-state index contributed by atoms with van der Waals surface area (Å²) in [6.45, 7) is 1.90. The third-order valence-electron chi connectivity index (χ3n) is 1.06. The molecule has 0 radical (unpaired) electrons. The first-order valence-electron chi connectivity index (χ1n) is 2.78. The zero-order valence-electron chi connectivity index (χ0n) is 5.22. The van der Waals surface area contributed by atoms with Crippen LogP contribution in [-0.4, -0.2) is 12.1 Å². The molecule has 0 aliphatic carbocycles. The topological polar surface area (TPSA) is 41.5 Å². The van der Waals surface area contributed by atoms with Crippen molar-refractivity contribution in [3.05, 3.63) is 11.6 Å². The minimum absolute atomic E-state index is 0.138. The first-order valence-corrected chi connectivity index (χ1v) is 2.78. The second-order valence-electron chi connectivity index (χ2n) is 1.98. The van der Waals surface area contributed by atoms with E-state index in [2.05, 4.69) is 10.5 Å². The van der Waals surface area contributed by atoms with Crippen LogP contribution in [0.5, 0.6) is 0 Å². The van der Waals surface area contributed by atoms with Crippen molar-refractivity contribution in [3.63, 3.8) is 0 Å². The Kier molecular flexibility index (Phi) is 1.63. The van der Waals surface area contributed by atoms with E-state index in [0.29, 0.717) is 0 Å². The lowest BCUT2D eigenvalue weighted by molar-refractivity contribution is -0.116. The molecule has 9 heavy (non-hydrogen) atoms. The average Bonchev–Trinajstić information content (AvgIpc) is 1.93. The van der Waals surface area contributed by atoms with E-state index in [1.165, 1.54) is 0 Å². The number of hydrogen-bond acceptors (Lipinski definition) is 2. The summed E-state index contributed by atoms with van der Waals surface area (Å²) in [5.74, 6) is -0.138. The summed E-state index contributed by atoms with van der Waals surface area (Å²) in [6, 6.07) is 0. The predicted molar refractivity (Wildman–Crippen MR) is 35.0 cm³/mol. The molecule has 0 fully saturated rings. The van der Waals surface area contributed by atoms with Gasteiger partial charge in [0.1, 0.15) is 0 Å². The van der Waals surface area contributed by atoms with Gasteiger partial charge in [-0.15, -0.1) is 0 Å². The Bertz CT molecular complexity index is 181. The molecule has 0 aromatic heterocycles. The number of rotatable bonds is 0. The van der Waals surface area contributed by atoms with Gasteiger partial charge in [0.05, 0.1) is 0 Å². The fourth-order valence-electron chi connectivity index (χ4n) is 0.614. The van der Waals surface area contributed by atoms with Crippen molar-refractivity contribution in [2.75, 3.05) is 0 Å². The zero-order chi connectivity index (χ0) is 6.69. The fourth-order valence-corrected chi connectivity index (χ4v) is 0.614. The van der Waals surface area contributed by atoms with E-state index >= 15 is 0 Å². The second-order valence-corrected chi connectivity index (χ2v) is 1.98. The van der Waals surface area contributed by atoms with Gasteiger partial charge < -0.3 is 0 Å². The van der Waals surface area contributed by atoms with Gasteiger partial charge in [0.2, 0.25) is 0 Å². The van der Waals surface area contributed by atoms with E-state index < -0.39 is 0 Å². The maximum Gasteiger partial charge on any atom is 0.264 e. The van der Waals surface area contributed by atoms with Gasteiger partial charge >= 0.3 is 0 Å². The quantitative estimate of drug-likeness (QED) is 0.500. The molecule has 1 aliphatic heterocycles. The van der Waals surface area contributed by atoms with Crippen LogP contribution in [0.1, 0.15) is 13.3 Å². The molecule has 1 heterocycles. The third kappa shape index (κ3) is 1.68. The summed E-state index contributed by atoms with van der Waals surface area (Å²) in [5.41, 5.74) is 3.36. The van der Waals surface area contributed by atoms with Crippen LogP contribution in [0.4, 0.5) is 0 Å². The van der Waals surface area contributed by atoms with Gasteiger partial charge in [-0.3, -0.25) is 4.79 Å². The van der Waals surface area contributed by atoms with Gasteiger partial charge in [-0.2, -0.15) is 5.10 Å². The molecule has 1 rings (SSSR count). The van der Waals surface area contributed by atoms with Crippen LogP contribution < -0.4 is 5.43 Å². The van der Waals surface area contributed by atoms with E-state index in [4.69, 9.17) is 0 Å². The van der Waals surface area contributed by atoms with Crippen molar-refractivity contribution in [2.24, 2.45) is 5.10 Å². The van der Waals surface area contributed by atoms with Crippen LogP contribution in [0.3, 0.4) is 0 Å². The summed E-state index contributed by atoms with van der Waals surface area (Å²) in [7, 11) is 0. The molecule has 0 spiro atoms. The SMILES string of the molecule is CC1=CC(=O)NN=CC1. The maximum absolute atomic E-state index is 10.6. The average molecular weight is 124 g/mol. The lowest BCUT2D eigenvalue weighted by Gasteiger charge is -1.87. The predicted octanol–water partition coefficient (Wildman–Crippen LogP) is 0.438. The Morgan fingerprint density at radius 1 is 1.78 bits per heavy atom. The Labute approximate surface area is 53.4 Å². The molecule has 0 saturated heterocycles. The van der Waals surface area contributed by atoms with Crippen molar-refractivity contribution >= 4 is 12.1 Å². The van der Waals surface area contributed by atoms with E-state index in [9.17, 15) is 4.79 Å². The molecule has 1 N–H and O–H groups in total. The van der Waals surface area contributed by atoms with Gasteiger partial charge in [0.15, 0.2) is 0 Å². The molecule has 0 aromatic rings. The van der Waals surface area contributed by atoms with Crippen molar-refractivity contribution in [2.45, 2.75) is 13.3 Å². The standard InChI is InChI=1S/C6H8N2O/c1-5-2-3-7-8-6(9)4-5/h3-4H,2H2,1H3,(H,8,9). The molecule has 0 unspecified atom stereocenters. The lowest BCUT2D eigenvalue weighted by Crippen LogP contribution is -2.12. The Morgan fingerprint density at radius 3 is 3.33 bits per heavy atom. The number of carbonyl (C=O) groups excluding carboxylic acids is 1. The highest BCUT2D eigenvalue weighted by atomic mass is 16.2. The molecule has 0 bridgehead atoms. The van der Waals surface area contributed by atoms with Crippen molar-refractivity contribution in [1.29, 1.82) is 0 Å². The van der Waals surface area contributed by atoms with Crippen molar-refractivity contribution in [3.8, 4) is 0 Å². The van der Waals surface area contributed by atoms with Crippen LogP contribution >= 0.6 is 0 Å². The first kappa shape index (κ1) is 6.01. The van der Waals surface area contributed by atoms with Gasteiger partial charge in [-0.25, -0.2) is 5.43 Å². The highest BCUT2D eigenvalue weighted by Gasteiger charge is 1.97. The molecular formula is C6H8N2O. The Balaban J connectivity index is 2.73. The number of carbonyl (C=O) groups is 1. The summed E-state index contributed by atoms with van der Waals surface area (Å²) in [5, 5.41) is 3.63. The molecule has 3 heteroatoms. The van der Waals surface area contributed by atoms with Crippen molar-refractivity contribution < 1.29 is 4.79 Å². The lowest BCUT2D eigenvalue weighted by atomic mass is 10.2. The molecular weight excluding hydrogens is 116 g/mol. The maximum atomic E-state index is 10.6. The van der Waals surface area contributed by atoms with Crippen LogP contribution in [0, 0.1) is 0 Å². The van der Waals surface area contributed by atoms with Gasteiger partial charge in [0, 0.05) is 18.7 Å². The number of nitrogens with zero attached hydrogens (tertiary/aromatic N) is 1. The molecule has 0 aromatic carbocycles. The minimum Gasteiger partial charge on any atom is -0.268 e. The van der Waals surface area contributed by atoms with E-state index in [0.717, 1.165) is 12.0 Å². The largest absolute Gasteiger partial charge is 0.268 e. The number of amides is 1. The number of hydrazone groups is 1. The molecule has 48 valence electrons. The smallest absolute Gasteiger partial charge is 0.264 e. The molecule has 1 aliphatic rings. The van der Waals surface area contributed by atoms with Crippen LogP contribution in [0.15, 0.2) is 16.8 Å². The van der Waals surface area contributed by atoms with E-state index in [1.54, 1.807) is 12.3 Å². The summed E-state index contributed by atoms with van der Waals surface area (Å²) < 4.78 is 0. The highest BCUT2D eigenvalue weighted by molar-refractivity contribution is 5.90. The van der Waals surface area contributed by atoms with Crippen LogP contribution in [0.25, 0.3) is 0 Å². The molecule has 3 nitrogen and oxygen atoms in total. The summed E-state index contributed by atoms with van der Waals surface area (Å²) in [6.07, 6.45) is 3.99. The van der Waals surface area contributed by atoms with E-state index in [-0.39, 0.29) is 5.91 Å². The monoisotopic (exact) mass is 124 g/mol. The number of nitrogens with one attached hydrogen (secondary N) is 1. The zero-order valence-corrected chi connectivity index (χ0v) is 5.22. The summed E-state index contributed by atoms with van der Waals surface area (Å²) >= 11 is 0.